The fourth-order valence-electron chi connectivity index (χ4n) is 8.27. The molecule has 0 saturated carbocycles. The molecule has 0 saturated heterocycles. The number of benzene rings is 7. The molecular weight excluding hydrogens is 641 g/mol. The predicted octanol–water partition coefficient (Wildman–Crippen LogP) is 13.7. The highest BCUT2D eigenvalue weighted by molar-refractivity contribution is 5.90. The molecule has 2 aliphatic rings. The van der Waals surface area contributed by atoms with Crippen molar-refractivity contribution in [1.29, 1.82) is 0 Å². The lowest BCUT2D eigenvalue weighted by molar-refractivity contribution is 0.585. The fraction of sp³-hybridized carbons (Fsp3) is 0.0980. The van der Waals surface area contributed by atoms with E-state index < -0.39 is 0 Å². The van der Waals surface area contributed by atoms with Crippen molar-refractivity contribution in [2.45, 2.75) is 31.7 Å². The monoisotopic (exact) mass is 682 g/mol. The van der Waals surface area contributed by atoms with Crippen molar-refractivity contribution in [3.63, 3.8) is 0 Å². The Balaban J connectivity index is 0.964. The molecule has 2 nitrogen and oxygen atoms in total. The molecule has 0 aromatic heterocycles. The van der Waals surface area contributed by atoms with Crippen molar-refractivity contribution in [1.82, 2.24) is 0 Å². The van der Waals surface area contributed by atoms with Gasteiger partial charge in [0.05, 0.1) is 6.04 Å². The van der Waals surface area contributed by atoms with E-state index in [9.17, 15) is 0 Å². The Labute approximate surface area is 313 Å². The molecule has 53 heavy (non-hydrogen) atoms. The van der Waals surface area contributed by atoms with E-state index in [2.05, 4.69) is 224 Å². The maximum absolute atomic E-state index is 2.49. The Bertz CT molecular complexity index is 2450. The smallest absolute Gasteiger partial charge is 0.0563 e. The highest BCUT2D eigenvalue weighted by Crippen LogP contribution is 2.51. The molecule has 0 radical (unpaired) electrons. The summed E-state index contributed by atoms with van der Waals surface area (Å²) in [6.07, 6.45) is 10.3. The van der Waals surface area contributed by atoms with Gasteiger partial charge in [0.25, 0.3) is 0 Å². The van der Waals surface area contributed by atoms with Crippen molar-refractivity contribution in [2.75, 3.05) is 9.80 Å². The van der Waals surface area contributed by atoms with Crippen LogP contribution < -0.4 is 9.80 Å². The number of hydrogen-bond donors (Lipinski definition) is 0. The zero-order valence-corrected chi connectivity index (χ0v) is 30.2. The maximum atomic E-state index is 2.49. The van der Waals surface area contributed by atoms with Crippen LogP contribution in [0.4, 0.5) is 28.4 Å². The molecule has 0 amide bonds. The van der Waals surface area contributed by atoms with E-state index in [0.29, 0.717) is 0 Å². The van der Waals surface area contributed by atoms with Crippen LogP contribution in [0.5, 0.6) is 0 Å². The molecule has 0 heterocycles. The van der Waals surface area contributed by atoms with E-state index in [1.54, 1.807) is 0 Å². The van der Waals surface area contributed by atoms with Crippen LogP contribution >= 0.6 is 0 Å². The van der Waals surface area contributed by atoms with Crippen LogP contribution in [0.15, 0.2) is 194 Å². The first-order valence-electron chi connectivity index (χ1n) is 18.6. The highest BCUT2D eigenvalue weighted by Gasteiger charge is 2.40. The van der Waals surface area contributed by atoms with Gasteiger partial charge in [0.15, 0.2) is 0 Å². The normalized spacial score (nSPS) is 15.8. The summed E-state index contributed by atoms with van der Waals surface area (Å²) in [5, 5.41) is 2.48. The first-order valence-corrected chi connectivity index (χ1v) is 18.6. The van der Waals surface area contributed by atoms with E-state index in [1.807, 2.05) is 0 Å². The summed E-state index contributed by atoms with van der Waals surface area (Å²) in [6.45, 7) is 4.81. The molecule has 1 unspecified atom stereocenters. The molecule has 0 fully saturated rings. The van der Waals surface area contributed by atoms with Crippen molar-refractivity contribution in [3.8, 4) is 0 Å². The van der Waals surface area contributed by atoms with E-state index in [0.717, 1.165) is 23.5 Å². The Morgan fingerprint density at radius 1 is 0.509 bits per heavy atom. The molecule has 2 heteroatoms. The molecule has 2 aliphatic carbocycles. The summed E-state index contributed by atoms with van der Waals surface area (Å²) in [5.41, 5.74) is 13.8. The summed E-state index contributed by atoms with van der Waals surface area (Å²) in [6, 6.07) is 63.6. The van der Waals surface area contributed by atoms with Gasteiger partial charge in [-0.15, -0.1) is 0 Å². The molecular formula is C51H42N2. The Hall–Kier alpha value is -6.38. The summed E-state index contributed by atoms with van der Waals surface area (Å²) < 4.78 is 0. The van der Waals surface area contributed by atoms with Gasteiger partial charge in [-0.25, -0.2) is 0 Å². The van der Waals surface area contributed by atoms with Gasteiger partial charge in [0, 0.05) is 33.9 Å². The molecule has 0 spiro atoms. The number of rotatable bonds is 8. The first kappa shape index (κ1) is 32.5. The highest BCUT2D eigenvalue weighted by atomic mass is 15.2. The number of fused-ring (bicyclic) bond motifs is 3. The van der Waals surface area contributed by atoms with Gasteiger partial charge in [-0.05, 0) is 111 Å². The third-order valence-electron chi connectivity index (χ3n) is 11.0. The zero-order chi connectivity index (χ0) is 35.8. The number of para-hydroxylation sites is 3. The predicted molar refractivity (Wildman–Crippen MR) is 227 cm³/mol. The molecule has 0 bridgehead atoms. The second-order valence-electron chi connectivity index (χ2n) is 14.6. The van der Waals surface area contributed by atoms with Crippen LogP contribution in [0.25, 0.3) is 28.5 Å². The Morgan fingerprint density at radius 2 is 1.06 bits per heavy atom. The SMILES string of the molecule is CC1(C)C2=C(C=CC(N(c3ccccc3)c3ccccc3)C2)c2ccc(/C=C/c3ccc(N(c4ccccc4)c4ccc5ccccc5c4)cc3)cc21. The lowest BCUT2D eigenvalue weighted by atomic mass is 9.77. The maximum Gasteiger partial charge on any atom is 0.0563 e. The molecule has 7 aromatic rings. The third-order valence-corrected chi connectivity index (χ3v) is 11.0. The number of nitrogens with zero attached hydrogens (tertiary/aromatic N) is 2. The zero-order valence-electron chi connectivity index (χ0n) is 30.2. The van der Waals surface area contributed by atoms with E-state index in [-0.39, 0.29) is 11.5 Å². The van der Waals surface area contributed by atoms with Gasteiger partial charge < -0.3 is 9.80 Å². The standard InChI is InChI=1S/C51H42N2/c1-51(2)49-34-38(26-32-47(49)48-33-31-46(36-50(48)51)52(41-16-6-3-7-17-41)42-18-8-4-9-19-42)23-22-37-24-28-44(29-25-37)53(43-20-10-5-11-21-43)45-30-27-39-14-12-13-15-40(39)35-45/h3-35,46H,36H2,1-2H3/b23-22+. The van der Waals surface area contributed by atoms with Gasteiger partial charge in [-0.2, -0.15) is 0 Å². The van der Waals surface area contributed by atoms with Gasteiger partial charge in [0.1, 0.15) is 0 Å². The van der Waals surface area contributed by atoms with Crippen LogP contribution in [0.3, 0.4) is 0 Å². The van der Waals surface area contributed by atoms with E-state index in [4.69, 9.17) is 0 Å². The molecule has 9 rings (SSSR count). The summed E-state index contributed by atoms with van der Waals surface area (Å²) in [7, 11) is 0. The average Bonchev–Trinajstić information content (AvgIpc) is 3.44. The minimum atomic E-state index is -0.0676. The van der Waals surface area contributed by atoms with E-state index >= 15 is 0 Å². The van der Waals surface area contributed by atoms with Crippen molar-refractivity contribution < 1.29 is 0 Å². The number of anilines is 5. The largest absolute Gasteiger partial charge is 0.334 e. The third kappa shape index (κ3) is 6.17. The van der Waals surface area contributed by atoms with Crippen LogP contribution in [0.1, 0.15) is 42.5 Å². The molecule has 7 aromatic carbocycles. The van der Waals surface area contributed by atoms with Gasteiger partial charge in [-0.3, -0.25) is 0 Å². The minimum Gasteiger partial charge on any atom is -0.334 e. The van der Waals surface area contributed by atoms with Crippen LogP contribution in [-0.4, -0.2) is 6.04 Å². The Kier molecular flexibility index (Phi) is 8.37. The van der Waals surface area contributed by atoms with Gasteiger partial charge in [0.2, 0.25) is 0 Å². The van der Waals surface area contributed by atoms with Gasteiger partial charge >= 0.3 is 0 Å². The second-order valence-corrected chi connectivity index (χ2v) is 14.6. The number of hydrogen-bond acceptors (Lipinski definition) is 2. The van der Waals surface area contributed by atoms with Crippen molar-refractivity contribution in [2.24, 2.45) is 0 Å². The minimum absolute atomic E-state index is 0.0676. The number of allylic oxidation sites excluding steroid dienone is 2. The molecule has 0 N–H and O–H groups in total. The van der Waals surface area contributed by atoms with Crippen LogP contribution in [0, 0.1) is 0 Å². The summed E-state index contributed by atoms with van der Waals surface area (Å²) in [4.78, 5) is 4.81. The van der Waals surface area contributed by atoms with Crippen molar-refractivity contribution >= 4 is 56.9 Å². The fourth-order valence-corrected chi connectivity index (χ4v) is 8.27. The molecule has 256 valence electrons. The molecule has 1 atom stereocenters. The quantitative estimate of drug-likeness (QED) is 0.147. The summed E-state index contributed by atoms with van der Waals surface area (Å²) in [5.74, 6) is 0. The van der Waals surface area contributed by atoms with E-state index in [1.165, 1.54) is 55.5 Å². The first-order chi connectivity index (χ1) is 26.0. The van der Waals surface area contributed by atoms with Crippen LogP contribution in [-0.2, 0) is 5.41 Å². The topological polar surface area (TPSA) is 6.48 Å². The molecule has 0 aliphatic heterocycles. The van der Waals surface area contributed by atoms with Gasteiger partial charge in [-0.1, -0.05) is 153 Å². The average molecular weight is 683 g/mol. The lowest BCUT2D eigenvalue weighted by Gasteiger charge is -2.37. The lowest BCUT2D eigenvalue weighted by Crippen LogP contribution is -2.33. The summed E-state index contributed by atoms with van der Waals surface area (Å²) >= 11 is 0. The Morgan fingerprint density at radius 3 is 1.74 bits per heavy atom. The van der Waals surface area contributed by atoms with Crippen LogP contribution in [0.2, 0.25) is 0 Å². The van der Waals surface area contributed by atoms with Crippen molar-refractivity contribution in [3.05, 3.63) is 216 Å². The second kappa shape index (κ2) is 13.6.